The van der Waals surface area contributed by atoms with Crippen molar-refractivity contribution in [3.63, 3.8) is 0 Å². The third-order valence-electron chi connectivity index (χ3n) is 1.45. The van der Waals surface area contributed by atoms with Gasteiger partial charge in [0.05, 0.1) is 4.91 Å². The molecule has 1 fully saturated rings. The van der Waals surface area contributed by atoms with Crippen LogP contribution in [0.1, 0.15) is 13.8 Å². The number of amides is 1. The third kappa shape index (κ3) is 1.46. The van der Waals surface area contributed by atoms with Crippen molar-refractivity contribution in [3.05, 3.63) is 11.0 Å². The van der Waals surface area contributed by atoms with Gasteiger partial charge >= 0.3 is 0 Å². The molecule has 1 saturated heterocycles. The fraction of sp³-hybridized carbons (Fsp3) is 0.429. The predicted molar refractivity (Wildman–Crippen MR) is 51.3 cm³/mol. The van der Waals surface area contributed by atoms with Crippen molar-refractivity contribution in [1.29, 1.82) is 0 Å². The van der Waals surface area contributed by atoms with E-state index >= 15 is 0 Å². The Balaban J connectivity index is 2.88. The molecule has 0 aromatic carbocycles. The van der Waals surface area contributed by atoms with Gasteiger partial charge in [-0.25, -0.2) is 0 Å². The Labute approximate surface area is 75.6 Å². The molecule has 60 valence electrons. The van der Waals surface area contributed by atoms with Crippen LogP contribution in [0.5, 0.6) is 0 Å². The second kappa shape index (κ2) is 3.36. The van der Waals surface area contributed by atoms with Crippen molar-refractivity contribution >= 4 is 34.2 Å². The lowest BCUT2D eigenvalue weighted by Crippen LogP contribution is -2.27. The molecule has 2 nitrogen and oxygen atoms in total. The number of carbonyl (C=O) groups is 1. The van der Waals surface area contributed by atoms with Gasteiger partial charge in [-0.3, -0.25) is 9.69 Å². The Morgan fingerprint density at radius 1 is 1.73 bits per heavy atom. The minimum Gasteiger partial charge on any atom is -0.293 e. The van der Waals surface area contributed by atoms with Gasteiger partial charge in [-0.2, -0.15) is 0 Å². The van der Waals surface area contributed by atoms with Crippen LogP contribution in [-0.2, 0) is 4.79 Å². The van der Waals surface area contributed by atoms with E-state index in [0.717, 1.165) is 4.91 Å². The molecule has 0 aliphatic carbocycles. The van der Waals surface area contributed by atoms with E-state index in [1.165, 1.54) is 11.8 Å². The van der Waals surface area contributed by atoms with Crippen LogP contribution in [-0.4, -0.2) is 21.7 Å². The van der Waals surface area contributed by atoms with E-state index in [1.807, 2.05) is 13.8 Å². The smallest absolute Gasteiger partial charge is 0.265 e. The first-order valence-electron chi connectivity index (χ1n) is 3.40. The van der Waals surface area contributed by atoms with Gasteiger partial charge in [-0.1, -0.05) is 30.1 Å². The second-order valence-electron chi connectivity index (χ2n) is 2.07. The summed E-state index contributed by atoms with van der Waals surface area (Å²) in [4.78, 5) is 13.7. The summed E-state index contributed by atoms with van der Waals surface area (Å²) >= 11 is 6.36. The lowest BCUT2D eigenvalue weighted by atomic mass is 10.4. The SMILES string of the molecule is C/C=C1\SC(=S)N(CC)C1=O. The molecule has 4 heteroatoms. The molecule has 1 amide bonds. The Hall–Kier alpha value is -0.350. The molecule has 0 aromatic heterocycles. The van der Waals surface area contributed by atoms with E-state index in [4.69, 9.17) is 12.2 Å². The summed E-state index contributed by atoms with van der Waals surface area (Å²) in [5.41, 5.74) is 0. The molecule has 1 heterocycles. The lowest BCUT2D eigenvalue weighted by Gasteiger charge is -2.09. The normalized spacial score (nSPS) is 22.0. The minimum atomic E-state index is 0.0463. The molecule has 0 N–H and O–H groups in total. The molecule has 0 atom stereocenters. The van der Waals surface area contributed by atoms with Crippen LogP contribution < -0.4 is 0 Å². The van der Waals surface area contributed by atoms with Crippen molar-refractivity contribution in [3.8, 4) is 0 Å². The summed E-state index contributed by atoms with van der Waals surface area (Å²) in [7, 11) is 0. The lowest BCUT2D eigenvalue weighted by molar-refractivity contribution is -0.122. The molecule has 0 bridgehead atoms. The number of thiocarbonyl (C=S) groups is 1. The Kier molecular flexibility index (Phi) is 2.67. The summed E-state index contributed by atoms with van der Waals surface area (Å²) in [6, 6.07) is 0. The highest BCUT2D eigenvalue weighted by Gasteiger charge is 2.29. The van der Waals surface area contributed by atoms with Gasteiger partial charge in [0.2, 0.25) is 0 Å². The maximum absolute atomic E-state index is 11.3. The molecule has 1 rings (SSSR count). The van der Waals surface area contributed by atoms with E-state index in [1.54, 1.807) is 11.0 Å². The number of likely N-dealkylation sites (N-methyl/N-ethyl adjacent to an activating group) is 1. The van der Waals surface area contributed by atoms with Crippen LogP contribution in [0, 0.1) is 0 Å². The van der Waals surface area contributed by atoms with Gasteiger partial charge in [0, 0.05) is 6.54 Å². The van der Waals surface area contributed by atoms with E-state index < -0.39 is 0 Å². The zero-order valence-electron chi connectivity index (χ0n) is 6.46. The highest BCUT2D eigenvalue weighted by Crippen LogP contribution is 2.29. The van der Waals surface area contributed by atoms with E-state index in [2.05, 4.69) is 0 Å². The van der Waals surface area contributed by atoms with E-state index in [9.17, 15) is 4.79 Å². The molecular formula is C7H9NOS2. The Bertz CT molecular complexity index is 235. The Morgan fingerprint density at radius 2 is 2.36 bits per heavy atom. The number of hydrogen-bond acceptors (Lipinski definition) is 3. The van der Waals surface area contributed by atoms with Gasteiger partial charge in [0.25, 0.3) is 5.91 Å². The van der Waals surface area contributed by atoms with Crippen molar-refractivity contribution in [2.45, 2.75) is 13.8 Å². The highest BCUT2D eigenvalue weighted by atomic mass is 32.2. The number of thioether (sulfide) groups is 1. The van der Waals surface area contributed by atoms with E-state index in [-0.39, 0.29) is 5.91 Å². The van der Waals surface area contributed by atoms with Crippen molar-refractivity contribution in [2.75, 3.05) is 6.54 Å². The van der Waals surface area contributed by atoms with Crippen LogP contribution in [0.4, 0.5) is 0 Å². The zero-order chi connectivity index (χ0) is 8.43. The average molecular weight is 187 g/mol. The number of nitrogens with zero attached hydrogens (tertiary/aromatic N) is 1. The van der Waals surface area contributed by atoms with Crippen LogP contribution in [0.15, 0.2) is 11.0 Å². The van der Waals surface area contributed by atoms with Crippen LogP contribution >= 0.6 is 24.0 Å². The number of hydrogen-bond donors (Lipinski definition) is 0. The average Bonchev–Trinajstić information content (AvgIpc) is 2.26. The molecule has 0 saturated carbocycles. The largest absolute Gasteiger partial charge is 0.293 e. The standard InChI is InChI=1S/C7H9NOS2/c1-3-5-6(9)8(4-2)7(10)11-5/h3H,4H2,1-2H3/b5-3-. The van der Waals surface area contributed by atoms with Gasteiger partial charge in [-0.15, -0.1) is 0 Å². The zero-order valence-corrected chi connectivity index (χ0v) is 8.09. The number of allylic oxidation sites excluding steroid dienone is 1. The van der Waals surface area contributed by atoms with Gasteiger partial charge < -0.3 is 0 Å². The fourth-order valence-corrected chi connectivity index (χ4v) is 2.17. The number of rotatable bonds is 1. The third-order valence-corrected chi connectivity index (χ3v) is 2.95. The van der Waals surface area contributed by atoms with Crippen LogP contribution in [0.25, 0.3) is 0 Å². The molecular weight excluding hydrogens is 178 g/mol. The first-order chi connectivity index (χ1) is 5.20. The molecule has 0 aromatic rings. The van der Waals surface area contributed by atoms with Gasteiger partial charge in [0.1, 0.15) is 4.32 Å². The molecule has 0 spiro atoms. The summed E-state index contributed by atoms with van der Waals surface area (Å²) in [5.74, 6) is 0.0463. The predicted octanol–water partition coefficient (Wildman–Crippen LogP) is 1.77. The monoisotopic (exact) mass is 187 g/mol. The van der Waals surface area contributed by atoms with Crippen LogP contribution in [0.3, 0.4) is 0 Å². The van der Waals surface area contributed by atoms with Crippen molar-refractivity contribution in [2.24, 2.45) is 0 Å². The fourth-order valence-electron chi connectivity index (χ4n) is 0.864. The summed E-state index contributed by atoms with van der Waals surface area (Å²) in [6.45, 7) is 4.44. The quantitative estimate of drug-likeness (QED) is 0.461. The maximum Gasteiger partial charge on any atom is 0.265 e. The van der Waals surface area contributed by atoms with Crippen molar-refractivity contribution < 1.29 is 4.79 Å². The molecule has 0 unspecified atom stereocenters. The summed E-state index contributed by atoms with van der Waals surface area (Å²) in [5, 5.41) is 0. The molecule has 0 radical (unpaired) electrons. The summed E-state index contributed by atoms with van der Waals surface area (Å²) < 4.78 is 0.672. The Morgan fingerprint density at radius 3 is 2.64 bits per heavy atom. The second-order valence-corrected chi connectivity index (χ2v) is 3.75. The topological polar surface area (TPSA) is 20.3 Å². The molecule has 11 heavy (non-hydrogen) atoms. The first kappa shape index (κ1) is 8.74. The maximum atomic E-state index is 11.3. The van der Waals surface area contributed by atoms with E-state index in [0.29, 0.717) is 10.9 Å². The van der Waals surface area contributed by atoms with Crippen molar-refractivity contribution in [1.82, 2.24) is 4.90 Å². The van der Waals surface area contributed by atoms with Gasteiger partial charge in [-0.05, 0) is 13.8 Å². The summed E-state index contributed by atoms with van der Waals surface area (Å²) in [6.07, 6.45) is 1.80. The number of carbonyl (C=O) groups excluding carboxylic acids is 1. The van der Waals surface area contributed by atoms with Gasteiger partial charge in [0.15, 0.2) is 0 Å². The first-order valence-corrected chi connectivity index (χ1v) is 4.63. The highest BCUT2D eigenvalue weighted by molar-refractivity contribution is 8.26. The molecule has 1 aliphatic rings. The molecule has 1 aliphatic heterocycles. The van der Waals surface area contributed by atoms with Crippen LogP contribution in [0.2, 0.25) is 0 Å². The minimum absolute atomic E-state index is 0.0463.